The Balaban J connectivity index is 3.49. The molecule has 0 amide bonds. The summed E-state index contributed by atoms with van der Waals surface area (Å²) in [6.45, 7) is 5.56. The standard InChI is InChI=1S/C11H20O3/c1-4-5-6-7-8-14-11(13)9(2)10(3)12/h9H,4-8H2,1-3H3. The largest absolute Gasteiger partial charge is 0.465 e. The maximum Gasteiger partial charge on any atom is 0.316 e. The van der Waals surface area contributed by atoms with Crippen molar-refractivity contribution in [2.24, 2.45) is 5.92 Å². The first-order valence-electron chi connectivity index (χ1n) is 5.26. The highest BCUT2D eigenvalue weighted by Crippen LogP contribution is 2.03. The van der Waals surface area contributed by atoms with Crippen LogP contribution in [0.15, 0.2) is 0 Å². The van der Waals surface area contributed by atoms with Gasteiger partial charge in [0.2, 0.25) is 0 Å². The molecule has 0 aromatic carbocycles. The summed E-state index contributed by atoms with van der Waals surface area (Å²) in [6, 6.07) is 0. The second kappa shape index (κ2) is 7.54. The maximum atomic E-state index is 11.2. The molecule has 14 heavy (non-hydrogen) atoms. The predicted octanol–water partition coefficient (Wildman–Crippen LogP) is 2.33. The highest BCUT2D eigenvalue weighted by Gasteiger charge is 2.18. The van der Waals surface area contributed by atoms with Crippen molar-refractivity contribution in [1.29, 1.82) is 0 Å². The molecule has 82 valence electrons. The predicted molar refractivity (Wildman–Crippen MR) is 54.9 cm³/mol. The van der Waals surface area contributed by atoms with Crippen LogP contribution >= 0.6 is 0 Å². The van der Waals surface area contributed by atoms with Gasteiger partial charge in [0.15, 0.2) is 0 Å². The molecule has 0 saturated carbocycles. The minimum atomic E-state index is -0.610. The van der Waals surface area contributed by atoms with Crippen molar-refractivity contribution in [3.05, 3.63) is 0 Å². The summed E-state index contributed by atoms with van der Waals surface area (Å²) in [5.41, 5.74) is 0. The van der Waals surface area contributed by atoms with Crippen LogP contribution in [0.1, 0.15) is 46.5 Å². The number of ether oxygens (including phenoxy) is 1. The van der Waals surface area contributed by atoms with Crippen LogP contribution < -0.4 is 0 Å². The average molecular weight is 200 g/mol. The lowest BCUT2D eigenvalue weighted by atomic mass is 10.1. The lowest BCUT2D eigenvalue weighted by Crippen LogP contribution is -2.21. The van der Waals surface area contributed by atoms with Gasteiger partial charge in [0.1, 0.15) is 11.7 Å². The Morgan fingerprint density at radius 2 is 1.86 bits per heavy atom. The maximum absolute atomic E-state index is 11.2. The molecule has 0 aliphatic rings. The molecule has 1 atom stereocenters. The van der Waals surface area contributed by atoms with E-state index in [2.05, 4.69) is 6.92 Å². The second-order valence-corrected chi connectivity index (χ2v) is 3.56. The van der Waals surface area contributed by atoms with Crippen molar-refractivity contribution in [3.63, 3.8) is 0 Å². The summed E-state index contributed by atoms with van der Waals surface area (Å²) in [6.07, 6.45) is 4.31. The number of carbonyl (C=O) groups is 2. The lowest BCUT2D eigenvalue weighted by molar-refractivity contribution is -0.150. The first-order valence-corrected chi connectivity index (χ1v) is 5.26. The Bertz CT molecular complexity index is 187. The van der Waals surface area contributed by atoms with Crippen LogP contribution in [0.5, 0.6) is 0 Å². The summed E-state index contributed by atoms with van der Waals surface area (Å²) < 4.78 is 4.95. The monoisotopic (exact) mass is 200 g/mol. The summed E-state index contributed by atoms with van der Waals surface area (Å²) in [4.78, 5) is 22.0. The fraction of sp³-hybridized carbons (Fsp3) is 0.818. The third-order valence-corrected chi connectivity index (χ3v) is 2.21. The highest BCUT2D eigenvalue weighted by atomic mass is 16.5. The first-order chi connectivity index (χ1) is 6.59. The van der Waals surface area contributed by atoms with E-state index >= 15 is 0 Å². The van der Waals surface area contributed by atoms with Gasteiger partial charge in [-0.3, -0.25) is 9.59 Å². The van der Waals surface area contributed by atoms with E-state index in [9.17, 15) is 9.59 Å². The van der Waals surface area contributed by atoms with Gasteiger partial charge in [0, 0.05) is 0 Å². The van der Waals surface area contributed by atoms with E-state index in [0.29, 0.717) is 6.61 Å². The van der Waals surface area contributed by atoms with Crippen molar-refractivity contribution in [1.82, 2.24) is 0 Å². The molecule has 0 bridgehead atoms. The van der Waals surface area contributed by atoms with E-state index in [0.717, 1.165) is 19.3 Å². The second-order valence-electron chi connectivity index (χ2n) is 3.56. The minimum absolute atomic E-state index is 0.136. The van der Waals surface area contributed by atoms with Crippen LogP contribution in [0.2, 0.25) is 0 Å². The Labute approximate surface area is 85.8 Å². The molecule has 0 fully saturated rings. The van der Waals surface area contributed by atoms with Gasteiger partial charge < -0.3 is 4.74 Å². The Morgan fingerprint density at radius 3 is 2.36 bits per heavy atom. The summed E-state index contributed by atoms with van der Waals surface area (Å²) in [5.74, 6) is -1.14. The molecule has 0 rings (SSSR count). The Morgan fingerprint density at radius 1 is 1.21 bits per heavy atom. The smallest absolute Gasteiger partial charge is 0.316 e. The van der Waals surface area contributed by atoms with Crippen LogP contribution in [-0.2, 0) is 14.3 Å². The van der Waals surface area contributed by atoms with Crippen molar-refractivity contribution >= 4 is 11.8 Å². The molecule has 1 unspecified atom stereocenters. The van der Waals surface area contributed by atoms with Crippen LogP contribution in [0.4, 0.5) is 0 Å². The molecule has 0 N–H and O–H groups in total. The van der Waals surface area contributed by atoms with Gasteiger partial charge in [0.05, 0.1) is 6.61 Å². The number of Topliss-reactive ketones (excluding diaryl/α,β-unsaturated/α-hetero) is 1. The molecule has 3 nitrogen and oxygen atoms in total. The lowest BCUT2D eigenvalue weighted by Gasteiger charge is -2.07. The normalized spacial score (nSPS) is 12.2. The summed E-state index contributed by atoms with van der Waals surface area (Å²) >= 11 is 0. The van der Waals surface area contributed by atoms with Crippen molar-refractivity contribution in [2.75, 3.05) is 6.61 Å². The molecule has 0 aromatic rings. The van der Waals surface area contributed by atoms with Crippen molar-refractivity contribution in [3.8, 4) is 0 Å². The molecule has 0 saturated heterocycles. The van der Waals surface area contributed by atoms with Crippen LogP contribution in [0.25, 0.3) is 0 Å². The first kappa shape index (κ1) is 13.1. The van der Waals surface area contributed by atoms with E-state index < -0.39 is 11.9 Å². The quantitative estimate of drug-likeness (QED) is 0.360. The minimum Gasteiger partial charge on any atom is -0.465 e. The topological polar surface area (TPSA) is 43.4 Å². The highest BCUT2D eigenvalue weighted by molar-refractivity contribution is 5.97. The number of unbranched alkanes of at least 4 members (excludes halogenated alkanes) is 3. The number of hydrogen-bond acceptors (Lipinski definition) is 3. The zero-order valence-corrected chi connectivity index (χ0v) is 9.34. The van der Waals surface area contributed by atoms with E-state index in [1.807, 2.05) is 0 Å². The Kier molecular flexibility index (Phi) is 7.07. The van der Waals surface area contributed by atoms with Gasteiger partial charge in [-0.1, -0.05) is 26.2 Å². The van der Waals surface area contributed by atoms with Gasteiger partial charge in [-0.2, -0.15) is 0 Å². The molecule has 0 aliphatic carbocycles. The number of carbonyl (C=O) groups excluding carboxylic acids is 2. The van der Waals surface area contributed by atoms with E-state index in [4.69, 9.17) is 4.74 Å². The molecule has 0 aliphatic heterocycles. The van der Waals surface area contributed by atoms with Crippen molar-refractivity contribution < 1.29 is 14.3 Å². The molecule has 0 radical (unpaired) electrons. The molecule has 0 heterocycles. The third kappa shape index (κ3) is 5.73. The third-order valence-electron chi connectivity index (χ3n) is 2.21. The molecular formula is C11H20O3. The fourth-order valence-corrected chi connectivity index (χ4v) is 0.993. The zero-order valence-electron chi connectivity index (χ0n) is 9.34. The van der Waals surface area contributed by atoms with Gasteiger partial charge in [-0.25, -0.2) is 0 Å². The van der Waals surface area contributed by atoms with E-state index in [1.54, 1.807) is 6.92 Å². The van der Waals surface area contributed by atoms with Crippen molar-refractivity contribution in [2.45, 2.75) is 46.5 Å². The SMILES string of the molecule is CCCCCCOC(=O)C(C)C(C)=O. The van der Waals surface area contributed by atoms with E-state index in [1.165, 1.54) is 13.3 Å². The van der Waals surface area contributed by atoms with Gasteiger partial charge >= 0.3 is 5.97 Å². The van der Waals surface area contributed by atoms with Gasteiger partial charge in [0.25, 0.3) is 0 Å². The fourth-order valence-electron chi connectivity index (χ4n) is 0.993. The molecule has 3 heteroatoms. The summed E-state index contributed by atoms with van der Waals surface area (Å²) in [5, 5.41) is 0. The molecule has 0 aromatic heterocycles. The van der Waals surface area contributed by atoms with Crippen LogP contribution in [-0.4, -0.2) is 18.4 Å². The number of rotatable bonds is 7. The number of esters is 1. The molecular weight excluding hydrogens is 180 g/mol. The summed E-state index contributed by atoms with van der Waals surface area (Å²) in [7, 11) is 0. The van der Waals surface area contributed by atoms with Gasteiger partial charge in [-0.05, 0) is 20.3 Å². The zero-order chi connectivity index (χ0) is 11.0. The van der Waals surface area contributed by atoms with E-state index in [-0.39, 0.29) is 5.78 Å². The van der Waals surface area contributed by atoms with Crippen LogP contribution in [0.3, 0.4) is 0 Å². The van der Waals surface area contributed by atoms with Gasteiger partial charge in [-0.15, -0.1) is 0 Å². The molecule has 0 spiro atoms. The average Bonchev–Trinajstić information content (AvgIpc) is 2.16. The Hall–Kier alpha value is -0.860. The van der Waals surface area contributed by atoms with Crippen LogP contribution in [0, 0.1) is 5.92 Å². The number of hydrogen-bond donors (Lipinski definition) is 0. The number of ketones is 1.